The van der Waals surface area contributed by atoms with Crippen LogP contribution in [-0.4, -0.2) is 5.91 Å². The van der Waals surface area contributed by atoms with Crippen molar-refractivity contribution in [3.63, 3.8) is 0 Å². The van der Waals surface area contributed by atoms with E-state index in [1.807, 2.05) is 12.1 Å². The summed E-state index contributed by atoms with van der Waals surface area (Å²) in [6.45, 7) is 2.16. The first-order chi connectivity index (χ1) is 11.5. The lowest BCUT2D eigenvalue weighted by Crippen LogP contribution is -2.13. The SMILES string of the molecule is C[C@@H]1C[C@@H]1c1ccc(/C=C(\C#N)C(=O)Nc2cccc(Cl)c2Cl)o1. The van der Waals surface area contributed by atoms with Gasteiger partial charge in [0.05, 0.1) is 15.7 Å². The number of amides is 1. The third-order valence-electron chi connectivity index (χ3n) is 3.97. The molecule has 1 aromatic carbocycles. The molecule has 1 N–H and O–H groups in total. The number of halogens is 2. The fourth-order valence-corrected chi connectivity index (χ4v) is 2.79. The maximum Gasteiger partial charge on any atom is 0.266 e. The molecular weight excluding hydrogens is 347 g/mol. The van der Waals surface area contributed by atoms with Gasteiger partial charge >= 0.3 is 0 Å². The summed E-state index contributed by atoms with van der Waals surface area (Å²) in [5.41, 5.74) is 0.276. The van der Waals surface area contributed by atoms with Crippen LogP contribution in [0, 0.1) is 17.2 Å². The maximum absolute atomic E-state index is 12.3. The zero-order chi connectivity index (χ0) is 17.3. The van der Waals surface area contributed by atoms with Crippen LogP contribution < -0.4 is 5.32 Å². The second kappa shape index (κ2) is 6.72. The second-order valence-electron chi connectivity index (χ2n) is 5.78. The molecule has 1 aliphatic rings. The van der Waals surface area contributed by atoms with E-state index in [1.54, 1.807) is 24.3 Å². The summed E-state index contributed by atoms with van der Waals surface area (Å²) < 4.78 is 5.70. The quantitative estimate of drug-likeness (QED) is 0.597. The lowest BCUT2D eigenvalue weighted by atomic mass is 10.2. The molecule has 1 fully saturated rings. The Morgan fingerprint density at radius 3 is 2.79 bits per heavy atom. The summed E-state index contributed by atoms with van der Waals surface area (Å²) >= 11 is 11.9. The van der Waals surface area contributed by atoms with Crippen LogP contribution in [0.15, 0.2) is 40.3 Å². The van der Waals surface area contributed by atoms with Crippen molar-refractivity contribution in [2.45, 2.75) is 19.3 Å². The number of hydrogen-bond acceptors (Lipinski definition) is 3. The van der Waals surface area contributed by atoms with E-state index in [-0.39, 0.29) is 10.6 Å². The highest BCUT2D eigenvalue weighted by Gasteiger charge is 2.36. The Balaban J connectivity index is 1.78. The second-order valence-corrected chi connectivity index (χ2v) is 6.57. The van der Waals surface area contributed by atoms with Crippen LogP contribution in [0.1, 0.15) is 30.8 Å². The van der Waals surface area contributed by atoms with Crippen molar-refractivity contribution in [2.75, 3.05) is 5.32 Å². The van der Waals surface area contributed by atoms with Gasteiger partial charge in [-0.1, -0.05) is 36.2 Å². The molecular formula is C18H14Cl2N2O2. The highest BCUT2D eigenvalue weighted by molar-refractivity contribution is 6.44. The van der Waals surface area contributed by atoms with Gasteiger partial charge in [-0.3, -0.25) is 4.79 Å². The number of hydrogen-bond donors (Lipinski definition) is 1. The van der Waals surface area contributed by atoms with Gasteiger partial charge in [-0.05, 0) is 36.6 Å². The zero-order valence-electron chi connectivity index (χ0n) is 12.8. The summed E-state index contributed by atoms with van der Waals surface area (Å²) in [5.74, 6) is 1.87. The number of furan rings is 1. The number of nitrogens with one attached hydrogen (secondary N) is 1. The third kappa shape index (κ3) is 3.48. The number of nitriles is 1. The van der Waals surface area contributed by atoms with Crippen LogP contribution in [0.25, 0.3) is 6.08 Å². The Morgan fingerprint density at radius 2 is 2.12 bits per heavy atom. The van der Waals surface area contributed by atoms with Gasteiger partial charge in [-0.2, -0.15) is 5.26 Å². The van der Waals surface area contributed by atoms with Crippen molar-refractivity contribution in [3.05, 3.63) is 57.5 Å². The molecule has 0 spiro atoms. The molecule has 0 radical (unpaired) electrons. The standard InChI is InChI=1S/C18H14Cl2N2O2/c1-10-7-13(10)16-6-5-12(24-16)8-11(9-21)18(23)22-15-4-2-3-14(19)17(15)20/h2-6,8,10,13H,7H2,1H3,(H,22,23)/b11-8+/t10-,13+/m1/s1. The number of anilines is 1. The molecule has 1 saturated carbocycles. The van der Waals surface area contributed by atoms with Crippen molar-refractivity contribution >= 4 is 40.9 Å². The molecule has 6 heteroatoms. The van der Waals surface area contributed by atoms with Crippen LogP contribution in [-0.2, 0) is 4.79 Å². The molecule has 1 heterocycles. The summed E-state index contributed by atoms with van der Waals surface area (Å²) in [4.78, 5) is 12.3. The molecule has 1 aromatic heterocycles. The number of rotatable bonds is 4. The zero-order valence-corrected chi connectivity index (χ0v) is 14.4. The Morgan fingerprint density at radius 1 is 1.38 bits per heavy atom. The van der Waals surface area contributed by atoms with Crippen molar-refractivity contribution in [3.8, 4) is 6.07 Å². The first-order valence-corrected chi connectivity index (χ1v) is 8.22. The number of carbonyl (C=O) groups is 1. The summed E-state index contributed by atoms with van der Waals surface area (Å²) in [6.07, 6.45) is 2.53. The molecule has 24 heavy (non-hydrogen) atoms. The van der Waals surface area contributed by atoms with Crippen molar-refractivity contribution < 1.29 is 9.21 Å². The minimum absolute atomic E-state index is 0.0733. The maximum atomic E-state index is 12.3. The van der Waals surface area contributed by atoms with Crippen molar-refractivity contribution in [1.29, 1.82) is 5.26 Å². The lowest BCUT2D eigenvalue weighted by Gasteiger charge is -2.07. The molecule has 0 aliphatic heterocycles. The molecule has 0 bridgehead atoms. The summed E-state index contributed by atoms with van der Waals surface area (Å²) in [5, 5.41) is 12.4. The van der Waals surface area contributed by atoms with Crippen LogP contribution in [0.3, 0.4) is 0 Å². The number of nitrogens with zero attached hydrogens (tertiary/aromatic N) is 1. The van der Waals surface area contributed by atoms with Gasteiger partial charge in [0.25, 0.3) is 5.91 Å². The Labute approximate surface area is 149 Å². The van der Waals surface area contributed by atoms with E-state index in [1.165, 1.54) is 6.08 Å². The average molecular weight is 361 g/mol. The molecule has 1 aliphatic carbocycles. The van der Waals surface area contributed by atoms with Gasteiger partial charge < -0.3 is 9.73 Å². The first-order valence-electron chi connectivity index (χ1n) is 7.46. The average Bonchev–Trinajstić information content (AvgIpc) is 3.10. The minimum Gasteiger partial charge on any atom is -0.461 e. The van der Waals surface area contributed by atoms with Gasteiger partial charge in [-0.15, -0.1) is 0 Å². The van der Waals surface area contributed by atoms with Gasteiger partial charge in [0.15, 0.2) is 0 Å². The number of carbonyl (C=O) groups excluding carboxylic acids is 1. The third-order valence-corrected chi connectivity index (χ3v) is 4.79. The molecule has 1 amide bonds. The minimum atomic E-state index is -0.570. The van der Waals surface area contributed by atoms with Gasteiger partial charge in [-0.25, -0.2) is 0 Å². The smallest absolute Gasteiger partial charge is 0.266 e. The van der Waals surface area contributed by atoms with Crippen LogP contribution in [0.2, 0.25) is 10.0 Å². The Hall–Kier alpha value is -2.22. The summed E-state index contributed by atoms with van der Waals surface area (Å²) in [7, 11) is 0. The monoisotopic (exact) mass is 360 g/mol. The van der Waals surface area contributed by atoms with Gasteiger partial charge in [0.2, 0.25) is 0 Å². The van der Waals surface area contributed by atoms with E-state index in [0.717, 1.165) is 12.2 Å². The Kier molecular flexibility index (Phi) is 4.66. The predicted octanol–water partition coefficient (Wildman–Crippen LogP) is 5.26. The van der Waals surface area contributed by atoms with E-state index >= 15 is 0 Å². The molecule has 2 aromatic rings. The van der Waals surface area contributed by atoms with E-state index in [0.29, 0.717) is 28.3 Å². The van der Waals surface area contributed by atoms with Crippen molar-refractivity contribution in [1.82, 2.24) is 0 Å². The van der Waals surface area contributed by atoms with Gasteiger partial charge in [0.1, 0.15) is 23.2 Å². The van der Waals surface area contributed by atoms with E-state index < -0.39 is 5.91 Å². The highest BCUT2D eigenvalue weighted by atomic mass is 35.5. The van der Waals surface area contributed by atoms with Crippen LogP contribution in [0.5, 0.6) is 0 Å². The molecule has 0 saturated heterocycles. The summed E-state index contributed by atoms with van der Waals surface area (Å²) in [6, 6.07) is 10.4. The molecule has 2 atom stereocenters. The topological polar surface area (TPSA) is 66.0 Å². The largest absolute Gasteiger partial charge is 0.461 e. The fraction of sp³-hybridized carbons (Fsp3) is 0.222. The van der Waals surface area contributed by atoms with Crippen LogP contribution in [0.4, 0.5) is 5.69 Å². The van der Waals surface area contributed by atoms with E-state index in [4.69, 9.17) is 27.6 Å². The highest BCUT2D eigenvalue weighted by Crippen LogP contribution is 2.47. The fourth-order valence-electron chi connectivity index (χ4n) is 2.44. The lowest BCUT2D eigenvalue weighted by molar-refractivity contribution is -0.112. The van der Waals surface area contributed by atoms with E-state index in [9.17, 15) is 10.1 Å². The molecule has 122 valence electrons. The molecule has 4 nitrogen and oxygen atoms in total. The molecule has 3 rings (SSSR count). The van der Waals surface area contributed by atoms with Crippen molar-refractivity contribution in [2.24, 2.45) is 5.92 Å². The normalized spacial score (nSPS) is 19.7. The van der Waals surface area contributed by atoms with Crippen LogP contribution >= 0.6 is 23.2 Å². The number of benzene rings is 1. The van der Waals surface area contributed by atoms with E-state index in [2.05, 4.69) is 12.2 Å². The predicted molar refractivity (Wildman–Crippen MR) is 93.9 cm³/mol. The first kappa shape index (κ1) is 16.6. The van der Waals surface area contributed by atoms with Gasteiger partial charge in [0, 0.05) is 12.0 Å². The Bertz CT molecular complexity index is 864. The molecule has 0 unspecified atom stereocenters.